The van der Waals surface area contributed by atoms with Crippen LogP contribution < -0.4 is 19.8 Å². The summed E-state index contributed by atoms with van der Waals surface area (Å²) in [5.74, 6) is 0.849. The van der Waals surface area contributed by atoms with Crippen LogP contribution in [0.1, 0.15) is 43.7 Å². The van der Waals surface area contributed by atoms with Crippen molar-refractivity contribution in [2.75, 3.05) is 24.6 Å². The Labute approximate surface area is 224 Å². The number of ether oxygens (including phenoxy) is 1. The van der Waals surface area contributed by atoms with Gasteiger partial charge in [-0.1, -0.05) is 72.0 Å². The summed E-state index contributed by atoms with van der Waals surface area (Å²) >= 11 is 1.28. The van der Waals surface area contributed by atoms with Gasteiger partial charge in [0, 0.05) is 30.8 Å². The molecule has 1 aliphatic rings. The lowest BCUT2D eigenvalue weighted by Gasteiger charge is -2.25. The molecule has 2 aromatic heterocycles. The van der Waals surface area contributed by atoms with Gasteiger partial charge in [-0.2, -0.15) is 0 Å². The molecule has 2 aromatic carbocycles. The molecule has 8 heteroatoms. The Morgan fingerprint density at radius 3 is 2.37 bits per heavy atom. The normalized spacial score (nSPS) is 15.2. The Morgan fingerprint density at radius 2 is 1.71 bits per heavy atom. The summed E-state index contributed by atoms with van der Waals surface area (Å²) in [4.78, 5) is 34.8. The van der Waals surface area contributed by atoms with Gasteiger partial charge < -0.3 is 14.1 Å². The number of carbonyl (C=O) groups is 1. The molecule has 38 heavy (non-hydrogen) atoms. The highest BCUT2D eigenvalue weighted by Crippen LogP contribution is 2.35. The fourth-order valence-electron chi connectivity index (χ4n) is 4.65. The molecule has 0 fully saturated rings. The number of furan rings is 1. The number of aromatic nitrogens is 1. The van der Waals surface area contributed by atoms with E-state index in [0.717, 1.165) is 30.1 Å². The highest BCUT2D eigenvalue weighted by molar-refractivity contribution is 7.07. The van der Waals surface area contributed by atoms with Crippen molar-refractivity contribution in [2.24, 2.45) is 4.99 Å². The number of nitrogens with zero attached hydrogens (tertiary/aromatic N) is 3. The van der Waals surface area contributed by atoms with Crippen molar-refractivity contribution in [1.29, 1.82) is 0 Å². The van der Waals surface area contributed by atoms with Crippen molar-refractivity contribution in [3.8, 4) is 0 Å². The largest absolute Gasteiger partial charge is 0.463 e. The molecule has 0 N–H and O–H groups in total. The van der Waals surface area contributed by atoms with Gasteiger partial charge in [-0.3, -0.25) is 9.36 Å². The molecule has 1 atom stereocenters. The van der Waals surface area contributed by atoms with Crippen molar-refractivity contribution in [3.63, 3.8) is 0 Å². The molecule has 0 bridgehead atoms. The van der Waals surface area contributed by atoms with Crippen LogP contribution in [0, 0.1) is 0 Å². The van der Waals surface area contributed by atoms with Crippen LogP contribution in [0.2, 0.25) is 0 Å². The Morgan fingerprint density at radius 1 is 1.03 bits per heavy atom. The van der Waals surface area contributed by atoms with E-state index in [2.05, 4.69) is 18.7 Å². The van der Waals surface area contributed by atoms with Gasteiger partial charge in [0.15, 0.2) is 10.7 Å². The molecule has 5 rings (SSSR count). The zero-order chi connectivity index (χ0) is 26.6. The number of fused-ring (bicyclic) bond motifs is 1. The molecular formula is C30H29N3O4S. The molecule has 4 aromatic rings. The van der Waals surface area contributed by atoms with Gasteiger partial charge in [0.05, 0.1) is 28.5 Å². The first-order valence-electron chi connectivity index (χ1n) is 12.7. The third kappa shape index (κ3) is 4.75. The van der Waals surface area contributed by atoms with E-state index in [4.69, 9.17) is 14.1 Å². The van der Waals surface area contributed by atoms with Crippen molar-refractivity contribution >= 4 is 35.0 Å². The second-order valence-corrected chi connectivity index (χ2v) is 9.70. The third-order valence-electron chi connectivity index (χ3n) is 6.45. The minimum Gasteiger partial charge on any atom is -0.463 e. The third-order valence-corrected chi connectivity index (χ3v) is 7.43. The summed E-state index contributed by atoms with van der Waals surface area (Å²) in [6.45, 7) is 7.76. The molecule has 0 spiro atoms. The topological polar surface area (TPSA) is 77.0 Å². The van der Waals surface area contributed by atoms with E-state index < -0.39 is 12.0 Å². The smallest absolute Gasteiger partial charge is 0.338 e. The van der Waals surface area contributed by atoms with Crippen LogP contribution in [0.15, 0.2) is 92.6 Å². The van der Waals surface area contributed by atoms with E-state index >= 15 is 0 Å². The van der Waals surface area contributed by atoms with Crippen LogP contribution in [0.25, 0.3) is 11.8 Å². The predicted molar refractivity (Wildman–Crippen MR) is 150 cm³/mol. The molecular weight excluding hydrogens is 498 g/mol. The van der Waals surface area contributed by atoms with Crippen LogP contribution in [0.5, 0.6) is 0 Å². The number of esters is 1. The van der Waals surface area contributed by atoms with E-state index in [1.54, 1.807) is 17.6 Å². The van der Waals surface area contributed by atoms with E-state index in [1.165, 1.54) is 11.3 Å². The molecule has 0 saturated carbocycles. The highest BCUT2D eigenvalue weighted by atomic mass is 32.1. The minimum atomic E-state index is -0.688. The lowest BCUT2D eigenvalue weighted by Crippen LogP contribution is -2.39. The zero-order valence-corrected chi connectivity index (χ0v) is 22.4. The molecule has 194 valence electrons. The summed E-state index contributed by atoms with van der Waals surface area (Å²) in [7, 11) is 0. The molecule has 7 nitrogen and oxygen atoms in total. The maximum atomic E-state index is 13.9. The Kier molecular flexibility index (Phi) is 7.42. The van der Waals surface area contributed by atoms with Gasteiger partial charge in [-0.25, -0.2) is 9.79 Å². The van der Waals surface area contributed by atoms with Crippen LogP contribution >= 0.6 is 11.3 Å². The van der Waals surface area contributed by atoms with Crippen molar-refractivity contribution < 1.29 is 13.9 Å². The molecule has 3 heterocycles. The Balaban J connectivity index is 1.75. The lowest BCUT2D eigenvalue weighted by molar-refractivity contribution is -0.138. The molecule has 0 saturated heterocycles. The van der Waals surface area contributed by atoms with Gasteiger partial charge >= 0.3 is 5.97 Å². The van der Waals surface area contributed by atoms with Crippen LogP contribution in [-0.2, 0) is 9.53 Å². The molecule has 0 aliphatic carbocycles. The first-order chi connectivity index (χ1) is 18.5. The Hall–Kier alpha value is -4.17. The number of carbonyl (C=O) groups excluding carboxylic acids is 1. The average Bonchev–Trinajstić information content (AvgIpc) is 3.53. The second-order valence-electron chi connectivity index (χ2n) is 8.69. The zero-order valence-electron chi connectivity index (χ0n) is 21.6. The summed E-state index contributed by atoms with van der Waals surface area (Å²) < 4.78 is 13.6. The van der Waals surface area contributed by atoms with Crippen LogP contribution in [-0.4, -0.2) is 30.2 Å². The standard InChI is InChI=1S/C30H29N3O4S/c1-4-32(5-2)24-18-17-22(37-24)19-23-28(34)33-27(21-15-11-8-12-16-21)25(29(35)36-6-3)26(31-30(33)38-23)20-13-9-7-10-14-20/h7-19,27H,4-6H2,1-3H3/b23-19-. The summed E-state index contributed by atoms with van der Waals surface area (Å²) in [6.07, 6.45) is 1.75. The second kappa shape index (κ2) is 11.1. The first-order valence-corrected chi connectivity index (χ1v) is 13.6. The van der Waals surface area contributed by atoms with Gasteiger partial charge in [0.25, 0.3) is 5.56 Å². The number of anilines is 1. The van der Waals surface area contributed by atoms with Gasteiger partial charge in [0.2, 0.25) is 0 Å². The fourth-order valence-corrected chi connectivity index (χ4v) is 5.63. The molecule has 1 unspecified atom stereocenters. The predicted octanol–water partition coefficient (Wildman–Crippen LogP) is 4.37. The molecule has 0 radical (unpaired) electrons. The van der Waals surface area contributed by atoms with Crippen molar-refractivity contribution in [2.45, 2.75) is 26.8 Å². The summed E-state index contributed by atoms with van der Waals surface area (Å²) in [6, 6.07) is 22.1. The van der Waals surface area contributed by atoms with Crippen LogP contribution in [0.3, 0.4) is 0 Å². The maximum absolute atomic E-state index is 13.9. The molecule has 1 aliphatic heterocycles. The quantitative estimate of drug-likeness (QED) is 0.318. The van der Waals surface area contributed by atoms with Gasteiger partial charge in [-0.05, 0) is 32.4 Å². The van der Waals surface area contributed by atoms with E-state index in [9.17, 15) is 9.59 Å². The van der Waals surface area contributed by atoms with Crippen molar-refractivity contribution in [3.05, 3.63) is 115 Å². The van der Waals surface area contributed by atoms with Crippen molar-refractivity contribution in [1.82, 2.24) is 4.57 Å². The number of hydrogen-bond donors (Lipinski definition) is 0. The van der Waals surface area contributed by atoms with E-state index in [0.29, 0.717) is 26.4 Å². The van der Waals surface area contributed by atoms with Gasteiger partial charge in [-0.15, -0.1) is 0 Å². The van der Waals surface area contributed by atoms with E-state index in [-0.39, 0.29) is 12.2 Å². The number of thiazole rings is 1. The Bertz CT molecular complexity index is 1640. The summed E-state index contributed by atoms with van der Waals surface area (Å²) in [5, 5.41) is 0. The fraction of sp³-hybridized carbons (Fsp3) is 0.233. The SMILES string of the molecule is CCOC(=O)C1=C(c2ccccc2)N=c2s/c(=C\c3ccc(N(CC)CC)o3)c(=O)n2C1c1ccccc1. The highest BCUT2D eigenvalue weighted by Gasteiger charge is 2.35. The summed E-state index contributed by atoms with van der Waals surface area (Å²) in [5.41, 5.74) is 2.19. The van der Waals surface area contributed by atoms with Crippen LogP contribution in [0.4, 0.5) is 5.88 Å². The lowest BCUT2D eigenvalue weighted by atomic mass is 9.93. The van der Waals surface area contributed by atoms with Gasteiger partial charge in [0.1, 0.15) is 5.76 Å². The number of rotatable bonds is 8. The maximum Gasteiger partial charge on any atom is 0.338 e. The minimum absolute atomic E-state index is 0.212. The number of hydrogen-bond acceptors (Lipinski definition) is 7. The van der Waals surface area contributed by atoms with E-state index in [1.807, 2.05) is 72.8 Å². The monoisotopic (exact) mass is 527 g/mol. The number of benzene rings is 2. The average molecular weight is 528 g/mol. The first kappa shape index (κ1) is 25.5. The molecule has 0 amide bonds.